The molecule has 166 valence electrons. The molecule has 2 amide bonds. The lowest BCUT2D eigenvalue weighted by atomic mass is 10.0. The largest absolute Gasteiger partial charge is 0.495 e. The molecule has 8 nitrogen and oxygen atoms in total. The SMILES string of the molecule is COc1ccccc1Nc1c(-c2ccncc2)[nH]c2c1C(=O)N(C(=O)OC(C)(C)C)CC2. The van der Waals surface area contributed by atoms with Crippen LogP contribution in [-0.2, 0) is 11.2 Å². The molecule has 1 aliphatic rings. The number of pyridine rings is 1. The maximum absolute atomic E-state index is 13.5. The molecule has 0 atom stereocenters. The van der Waals surface area contributed by atoms with Gasteiger partial charge in [0.1, 0.15) is 11.4 Å². The number of amides is 2. The molecule has 0 spiro atoms. The van der Waals surface area contributed by atoms with Gasteiger partial charge in [-0.2, -0.15) is 0 Å². The van der Waals surface area contributed by atoms with Crippen molar-refractivity contribution in [3.05, 3.63) is 60.0 Å². The van der Waals surface area contributed by atoms with E-state index < -0.39 is 17.6 Å². The highest BCUT2D eigenvalue weighted by Crippen LogP contribution is 2.39. The number of methoxy groups -OCH3 is 1. The Labute approximate surface area is 186 Å². The van der Waals surface area contributed by atoms with E-state index in [-0.39, 0.29) is 6.54 Å². The summed E-state index contributed by atoms with van der Waals surface area (Å²) < 4.78 is 10.9. The Kier molecular flexibility index (Phi) is 5.61. The van der Waals surface area contributed by atoms with Crippen molar-refractivity contribution in [2.75, 3.05) is 19.0 Å². The van der Waals surface area contributed by atoms with Crippen LogP contribution in [0.1, 0.15) is 36.8 Å². The van der Waals surface area contributed by atoms with E-state index >= 15 is 0 Å². The Morgan fingerprint density at radius 1 is 1.16 bits per heavy atom. The highest BCUT2D eigenvalue weighted by Gasteiger charge is 2.36. The number of aromatic nitrogens is 2. The van der Waals surface area contributed by atoms with Gasteiger partial charge in [0.05, 0.1) is 29.7 Å². The topological polar surface area (TPSA) is 96.5 Å². The van der Waals surface area contributed by atoms with Crippen LogP contribution in [0.15, 0.2) is 48.8 Å². The van der Waals surface area contributed by atoms with E-state index in [4.69, 9.17) is 9.47 Å². The molecule has 3 aromatic rings. The van der Waals surface area contributed by atoms with Crippen molar-refractivity contribution in [3.8, 4) is 17.0 Å². The highest BCUT2D eigenvalue weighted by atomic mass is 16.6. The Morgan fingerprint density at radius 3 is 2.56 bits per heavy atom. The summed E-state index contributed by atoms with van der Waals surface area (Å²) in [6.07, 6.45) is 3.22. The lowest BCUT2D eigenvalue weighted by Gasteiger charge is -2.29. The molecule has 0 fully saturated rings. The predicted octanol–water partition coefficient (Wildman–Crippen LogP) is 4.76. The monoisotopic (exact) mass is 434 g/mol. The number of para-hydroxylation sites is 2. The highest BCUT2D eigenvalue weighted by molar-refractivity contribution is 6.11. The zero-order valence-corrected chi connectivity index (χ0v) is 18.6. The molecule has 0 aliphatic carbocycles. The predicted molar refractivity (Wildman–Crippen MR) is 121 cm³/mol. The molecule has 0 saturated heterocycles. The maximum Gasteiger partial charge on any atom is 0.417 e. The van der Waals surface area contributed by atoms with Gasteiger partial charge < -0.3 is 19.8 Å². The minimum atomic E-state index is -0.698. The smallest absolute Gasteiger partial charge is 0.417 e. The number of hydrogen-bond acceptors (Lipinski definition) is 6. The van der Waals surface area contributed by atoms with Crippen LogP contribution in [0.4, 0.5) is 16.2 Å². The fraction of sp³-hybridized carbons (Fsp3) is 0.292. The van der Waals surface area contributed by atoms with E-state index in [2.05, 4.69) is 15.3 Å². The van der Waals surface area contributed by atoms with Crippen LogP contribution in [0.25, 0.3) is 11.3 Å². The third kappa shape index (κ3) is 4.16. The van der Waals surface area contributed by atoms with Crippen LogP contribution in [0, 0.1) is 0 Å². The summed E-state index contributed by atoms with van der Waals surface area (Å²) in [4.78, 5) is 34.8. The number of aromatic amines is 1. The minimum Gasteiger partial charge on any atom is -0.495 e. The molecular weight excluding hydrogens is 408 g/mol. The zero-order chi connectivity index (χ0) is 22.9. The Hall–Kier alpha value is -3.81. The lowest BCUT2D eigenvalue weighted by Crippen LogP contribution is -2.44. The number of nitrogens with one attached hydrogen (secondary N) is 2. The van der Waals surface area contributed by atoms with E-state index in [1.165, 1.54) is 0 Å². The van der Waals surface area contributed by atoms with E-state index in [9.17, 15) is 9.59 Å². The summed E-state index contributed by atoms with van der Waals surface area (Å²) in [5.74, 6) is 0.227. The van der Waals surface area contributed by atoms with Crippen LogP contribution < -0.4 is 10.1 Å². The number of fused-ring (bicyclic) bond motifs is 1. The van der Waals surface area contributed by atoms with Gasteiger partial charge in [0.15, 0.2) is 0 Å². The van der Waals surface area contributed by atoms with Crippen molar-refractivity contribution >= 4 is 23.4 Å². The molecular formula is C24H26N4O4. The van der Waals surface area contributed by atoms with Crippen LogP contribution in [0.2, 0.25) is 0 Å². The van der Waals surface area contributed by atoms with Crippen LogP contribution in [0.3, 0.4) is 0 Å². The van der Waals surface area contributed by atoms with Crippen molar-refractivity contribution < 1.29 is 19.1 Å². The van der Waals surface area contributed by atoms with E-state index in [0.717, 1.165) is 21.9 Å². The molecule has 32 heavy (non-hydrogen) atoms. The van der Waals surface area contributed by atoms with Gasteiger partial charge in [-0.1, -0.05) is 12.1 Å². The van der Waals surface area contributed by atoms with Crippen LogP contribution >= 0.6 is 0 Å². The molecule has 0 radical (unpaired) electrons. The lowest BCUT2D eigenvalue weighted by molar-refractivity contribution is 0.0233. The second-order valence-electron chi connectivity index (χ2n) is 8.48. The first-order valence-corrected chi connectivity index (χ1v) is 10.4. The normalized spacial score (nSPS) is 13.5. The number of rotatable bonds is 4. The standard InChI is InChI=1S/C24H26N4O4/c1-24(2,3)32-23(30)28-14-11-17-19(22(28)29)21(20(27-17)15-9-12-25-13-10-15)26-16-7-5-6-8-18(16)31-4/h5-10,12-13,26-27H,11,14H2,1-4H3. The first-order chi connectivity index (χ1) is 15.3. The average molecular weight is 434 g/mol. The van der Waals surface area contributed by atoms with Gasteiger partial charge in [0, 0.05) is 36.6 Å². The third-order valence-electron chi connectivity index (χ3n) is 5.07. The fourth-order valence-electron chi connectivity index (χ4n) is 3.67. The van der Waals surface area contributed by atoms with Gasteiger partial charge in [0.2, 0.25) is 0 Å². The van der Waals surface area contributed by atoms with E-state index in [1.807, 2.05) is 36.4 Å². The first-order valence-electron chi connectivity index (χ1n) is 10.4. The molecule has 0 unspecified atom stereocenters. The fourth-order valence-corrected chi connectivity index (χ4v) is 3.67. The van der Waals surface area contributed by atoms with Crippen molar-refractivity contribution in [2.45, 2.75) is 32.8 Å². The molecule has 3 heterocycles. The van der Waals surface area contributed by atoms with Crippen LogP contribution in [-0.4, -0.2) is 46.1 Å². The minimum absolute atomic E-state index is 0.241. The number of ether oxygens (including phenoxy) is 2. The van der Waals surface area contributed by atoms with Crippen molar-refractivity contribution in [3.63, 3.8) is 0 Å². The zero-order valence-electron chi connectivity index (χ0n) is 18.6. The van der Waals surface area contributed by atoms with Crippen molar-refractivity contribution in [1.82, 2.24) is 14.9 Å². The van der Waals surface area contributed by atoms with E-state index in [1.54, 1.807) is 40.3 Å². The Balaban J connectivity index is 1.80. The maximum atomic E-state index is 13.5. The van der Waals surface area contributed by atoms with Gasteiger partial charge in [-0.3, -0.25) is 9.78 Å². The van der Waals surface area contributed by atoms with Crippen molar-refractivity contribution in [2.24, 2.45) is 0 Å². The van der Waals surface area contributed by atoms with Gasteiger partial charge in [0.25, 0.3) is 5.91 Å². The molecule has 0 saturated carbocycles. The number of carbonyl (C=O) groups is 2. The molecule has 4 rings (SSSR count). The van der Waals surface area contributed by atoms with Gasteiger partial charge in [-0.25, -0.2) is 9.69 Å². The summed E-state index contributed by atoms with van der Waals surface area (Å²) >= 11 is 0. The van der Waals surface area contributed by atoms with Gasteiger partial charge >= 0.3 is 6.09 Å². The van der Waals surface area contributed by atoms with Crippen LogP contribution in [0.5, 0.6) is 5.75 Å². The Morgan fingerprint density at radius 2 is 1.88 bits per heavy atom. The number of nitrogens with zero attached hydrogens (tertiary/aromatic N) is 2. The molecule has 2 N–H and O–H groups in total. The Bertz CT molecular complexity index is 1150. The number of H-pyrrole nitrogens is 1. The van der Waals surface area contributed by atoms with Gasteiger partial charge in [-0.05, 0) is 45.0 Å². The number of carbonyl (C=O) groups excluding carboxylic acids is 2. The number of imide groups is 1. The average Bonchev–Trinajstić information content (AvgIpc) is 3.13. The third-order valence-corrected chi connectivity index (χ3v) is 5.07. The summed E-state index contributed by atoms with van der Waals surface area (Å²) in [6, 6.07) is 11.2. The second-order valence-corrected chi connectivity index (χ2v) is 8.48. The summed E-state index contributed by atoms with van der Waals surface area (Å²) in [5.41, 5.74) is 3.37. The molecule has 0 bridgehead atoms. The second kappa shape index (κ2) is 8.37. The molecule has 1 aromatic carbocycles. The number of benzene rings is 1. The summed E-state index contributed by atoms with van der Waals surface area (Å²) in [7, 11) is 1.59. The molecule has 2 aromatic heterocycles. The summed E-state index contributed by atoms with van der Waals surface area (Å²) in [5, 5.41) is 3.36. The number of hydrogen-bond donors (Lipinski definition) is 2. The number of anilines is 2. The van der Waals surface area contributed by atoms with E-state index in [0.29, 0.717) is 29.1 Å². The first kappa shape index (κ1) is 21.4. The molecule has 8 heteroatoms. The summed E-state index contributed by atoms with van der Waals surface area (Å²) in [6.45, 7) is 5.57. The van der Waals surface area contributed by atoms with Gasteiger partial charge in [-0.15, -0.1) is 0 Å². The van der Waals surface area contributed by atoms with Crippen molar-refractivity contribution in [1.29, 1.82) is 0 Å². The quantitative estimate of drug-likeness (QED) is 0.614. The molecule has 1 aliphatic heterocycles.